The smallest absolute Gasteiger partial charge is 0.423 e. The van der Waals surface area contributed by atoms with Gasteiger partial charge in [0, 0.05) is 93.1 Å². The van der Waals surface area contributed by atoms with E-state index in [2.05, 4.69) is 383 Å². The molecule has 0 amide bonds. The van der Waals surface area contributed by atoms with Crippen molar-refractivity contribution in [3.63, 3.8) is 0 Å². The van der Waals surface area contributed by atoms with Crippen LogP contribution in [0.3, 0.4) is 0 Å². The Balaban J connectivity index is 0.000000153. The van der Waals surface area contributed by atoms with Gasteiger partial charge in [-0.3, -0.25) is 0 Å². The van der Waals surface area contributed by atoms with E-state index in [4.69, 9.17) is 0 Å². The fraction of sp³-hybridized carbons (Fsp3) is 0.0101. The molecule has 19 aromatic rings. The van der Waals surface area contributed by atoms with Crippen LogP contribution in [0.25, 0.3) is 98.8 Å². The molecule has 0 atom stereocenters. The lowest BCUT2D eigenvalue weighted by Gasteiger charge is -2.25. The number of hydrogen-bond donors (Lipinski definition) is 2. The molecule has 10 heteroatoms. The van der Waals surface area contributed by atoms with E-state index < -0.39 is 7.12 Å². The number of hydrogen-bond acceptors (Lipinski definition) is 5. The maximum Gasteiger partial charge on any atom is 0.488 e. The molecule has 2 heterocycles. The minimum atomic E-state index is -1.45. The first-order valence-corrected chi connectivity index (χ1v) is 37.6. The van der Waals surface area contributed by atoms with Crippen LogP contribution in [0, 0.1) is 0 Å². The highest BCUT2D eigenvalue weighted by Crippen LogP contribution is 2.43. The largest absolute Gasteiger partial charge is 0.488 e. The van der Waals surface area contributed by atoms with Crippen molar-refractivity contribution < 1.29 is 10.0 Å². The molecular formula is C99H74BBr2N5O2. The molecule has 0 saturated carbocycles. The van der Waals surface area contributed by atoms with Crippen molar-refractivity contribution in [2.45, 2.75) is 7.43 Å². The van der Waals surface area contributed by atoms with Crippen molar-refractivity contribution in [2.24, 2.45) is 0 Å². The van der Waals surface area contributed by atoms with E-state index in [1.165, 1.54) is 93.1 Å². The molecule has 2 N–H and O–H groups in total. The first kappa shape index (κ1) is 70.5. The van der Waals surface area contributed by atoms with Crippen LogP contribution < -0.4 is 20.2 Å². The zero-order valence-corrected chi connectivity index (χ0v) is 61.9. The molecule has 0 aliphatic heterocycles. The van der Waals surface area contributed by atoms with Crippen LogP contribution in [0.5, 0.6) is 0 Å². The van der Waals surface area contributed by atoms with Gasteiger partial charge in [-0.25, -0.2) is 0 Å². The van der Waals surface area contributed by atoms with Gasteiger partial charge < -0.3 is 33.9 Å². The van der Waals surface area contributed by atoms with Gasteiger partial charge in [-0.05, 0) is 243 Å². The molecular weight excluding hydrogens is 1460 g/mol. The number of para-hydroxylation sites is 6. The Morgan fingerprint density at radius 1 is 0.220 bits per heavy atom. The van der Waals surface area contributed by atoms with E-state index in [1.54, 1.807) is 12.1 Å². The molecule has 109 heavy (non-hydrogen) atoms. The van der Waals surface area contributed by atoms with Gasteiger partial charge in [-0.15, -0.1) is 0 Å². The lowest BCUT2D eigenvalue weighted by Crippen LogP contribution is -2.29. The van der Waals surface area contributed by atoms with Crippen LogP contribution in [0.2, 0.25) is 0 Å². The van der Waals surface area contributed by atoms with E-state index in [9.17, 15) is 10.0 Å². The van der Waals surface area contributed by atoms with Crippen molar-refractivity contribution in [3.8, 4) is 33.6 Å². The summed E-state index contributed by atoms with van der Waals surface area (Å²) in [4.78, 5) is 6.73. The molecule has 19 rings (SSSR count). The lowest BCUT2D eigenvalue weighted by atomic mass is 9.80. The predicted molar refractivity (Wildman–Crippen MR) is 470 cm³/mol. The van der Waals surface area contributed by atoms with Crippen LogP contribution in [-0.4, -0.2) is 26.3 Å². The van der Waals surface area contributed by atoms with Crippen molar-refractivity contribution in [2.75, 3.05) is 14.7 Å². The van der Waals surface area contributed by atoms with Gasteiger partial charge in [0.05, 0.1) is 22.1 Å². The van der Waals surface area contributed by atoms with Crippen molar-refractivity contribution in [1.82, 2.24) is 9.13 Å². The van der Waals surface area contributed by atoms with E-state index in [0.717, 1.165) is 65.8 Å². The summed E-state index contributed by atoms with van der Waals surface area (Å²) < 4.78 is 6.96. The van der Waals surface area contributed by atoms with Crippen LogP contribution >= 0.6 is 31.9 Å². The third kappa shape index (κ3) is 14.7. The van der Waals surface area contributed by atoms with Gasteiger partial charge in [-0.1, -0.05) is 258 Å². The van der Waals surface area contributed by atoms with E-state index in [1.807, 2.05) is 72.8 Å². The Bertz CT molecular complexity index is 5990. The van der Waals surface area contributed by atoms with Crippen LogP contribution in [0.4, 0.5) is 51.2 Å². The topological polar surface area (TPSA) is 60.0 Å². The normalized spacial score (nSPS) is 11.0. The Kier molecular flexibility index (Phi) is 20.5. The third-order valence-corrected chi connectivity index (χ3v) is 20.9. The molecule has 0 radical (unpaired) electrons. The first-order valence-electron chi connectivity index (χ1n) is 36.0. The maximum atomic E-state index is 9.23. The van der Waals surface area contributed by atoms with Gasteiger partial charge in [0.15, 0.2) is 0 Å². The molecule has 7 nitrogen and oxygen atoms in total. The molecule has 0 spiro atoms. The lowest BCUT2D eigenvalue weighted by molar-refractivity contribution is 0.426. The summed E-state index contributed by atoms with van der Waals surface area (Å²) in [6.07, 6.45) is 0. The Morgan fingerprint density at radius 3 is 0.771 bits per heavy atom. The highest BCUT2D eigenvalue weighted by molar-refractivity contribution is 9.10. The fourth-order valence-electron chi connectivity index (χ4n) is 14.7. The van der Waals surface area contributed by atoms with Crippen LogP contribution in [-0.2, 0) is 0 Å². The second-order valence-electron chi connectivity index (χ2n) is 26.6. The van der Waals surface area contributed by atoms with Crippen molar-refractivity contribution in [3.05, 3.63) is 421 Å². The fourth-order valence-corrected chi connectivity index (χ4v) is 15.5. The van der Waals surface area contributed by atoms with Crippen LogP contribution in [0.1, 0.15) is 7.43 Å². The second kappa shape index (κ2) is 31.7. The summed E-state index contributed by atoms with van der Waals surface area (Å²) >= 11 is 7.23. The number of benzene rings is 17. The van der Waals surface area contributed by atoms with Gasteiger partial charge in [0.1, 0.15) is 0 Å². The number of rotatable bonds is 14. The van der Waals surface area contributed by atoms with Crippen molar-refractivity contribution >= 4 is 161 Å². The minimum Gasteiger partial charge on any atom is -0.423 e. The average molecular weight is 1540 g/mol. The Hall–Kier alpha value is -12.8. The first-order chi connectivity index (χ1) is 53.2. The zero-order valence-electron chi connectivity index (χ0n) is 58.7. The van der Waals surface area contributed by atoms with Crippen LogP contribution in [0.15, 0.2) is 421 Å². The Morgan fingerprint density at radius 2 is 0.468 bits per heavy atom. The quantitative estimate of drug-likeness (QED) is 0.106. The number of nitrogens with zero attached hydrogens (tertiary/aromatic N) is 5. The van der Waals surface area contributed by atoms with Gasteiger partial charge in [0.25, 0.3) is 0 Å². The summed E-state index contributed by atoms with van der Waals surface area (Å²) in [5.41, 5.74) is 22.1. The molecule has 17 aromatic carbocycles. The molecule has 0 fully saturated rings. The predicted octanol–water partition coefficient (Wildman–Crippen LogP) is 27.1. The molecule has 0 unspecified atom stereocenters. The summed E-state index contributed by atoms with van der Waals surface area (Å²) in [5.74, 6) is 0. The second-order valence-corrected chi connectivity index (χ2v) is 28.4. The molecule has 0 bridgehead atoms. The summed E-state index contributed by atoms with van der Waals surface area (Å²) in [5, 5.41) is 28.4. The monoisotopic (exact) mass is 1530 g/mol. The van der Waals surface area contributed by atoms with Gasteiger partial charge in [0.2, 0.25) is 0 Å². The molecule has 524 valence electrons. The summed E-state index contributed by atoms with van der Waals surface area (Å²) in [6, 6.07) is 145. The highest BCUT2D eigenvalue weighted by atomic mass is 79.9. The van der Waals surface area contributed by atoms with Crippen molar-refractivity contribution in [1.29, 1.82) is 0 Å². The molecule has 0 saturated heterocycles. The maximum absolute atomic E-state index is 9.23. The average Bonchev–Trinajstić information content (AvgIpc) is 1.59. The Labute approximate surface area is 652 Å². The highest BCUT2D eigenvalue weighted by Gasteiger charge is 2.21. The van der Waals surface area contributed by atoms with E-state index in [-0.39, 0.29) is 7.43 Å². The molecule has 0 aliphatic carbocycles. The third-order valence-electron chi connectivity index (χ3n) is 19.9. The molecule has 2 aromatic heterocycles. The number of fused-ring (bicyclic) bond motifs is 8. The van der Waals surface area contributed by atoms with Gasteiger partial charge >= 0.3 is 7.12 Å². The molecule has 0 aliphatic rings. The standard InChI is InChI=1S/C58H41N3.C22H13Br2N.C18H16BNO2.CH4/c1-5-17-48(18-6-1)59(49-19-7-2-8-20-49)52-32-25-43(26-33-52)46-30-37-57-55(40-46)56-41-47(31-38-58(56)61(57)54-36-29-42-15-13-14-16-45(42)39-54)44-27-34-53(35-28-44)60(50-21-9-3-10-22-50)51-23-11-4-12-24-51;23-16-6-9-21-19(12-16)20-13-17(24)7-10-22(20)25(21)18-8-5-14-3-1-2-4-15(14)11-18;21-19(22)15-11-13-18(14-12-15)20(16-7-3-1-4-8-16)17-9-5-2-6-10-17;/h1-41H;1-13H;1-14,21-22H;1H4. The number of anilines is 9. The summed E-state index contributed by atoms with van der Waals surface area (Å²) in [7, 11) is -1.45. The SMILES string of the molecule is Brc1ccc2c(c1)c1cc(Br)ccc1n2-c1ccc2ccccc2c1.C.OB(O)c1ccc(N(c2ccccc2)c2ccccc2)cc1.c1ccc(N(c2ccccc2)c2ccc(-c3ccc4c(c3)c3cc(-c5ccc(N(c6ccccc6)c6ccccc6)cc5)ccc3n4-c3ccc4ccccc4c3)cc2)cc1. The van der Waals surface area contributed by atoms with E-state index >= 15 is 0 Å². The van der Waals surface area contributed by atoms with E-state index in [0.29, 0.717) is 5.46 Å². The number of aromatic nitrogens is 2. The zero-order chi connectivity index (χ0) is 72.9. The van der Waals surface area contributed by atoms with Gasteiger partial charge in [-0.2, -0.15) is 0 Å². The number of halogens is 2. The minimum absolute atomic E-state index is 0. The summed E-state index contributed by atoms with van der Waals surface area (Å²) in [6.45, 7) is 0.